The lowest BCUT2D eigenvalue weighted by molar-refractivity contribution is 0.174. The standard InChI is InChI=1S/C27H34N4O3/c1-5-30-14-8-9-22(30)17-31(27(33)28-23-10-6-7-11-24(23)34-4)16-21-15-20-13-12-18(2)19(3)25(20)29-26(21)32/h6-7,10-13,15,22H,5,8-9,14,16-17H2,1-4H3,(H,28,33)(H,29,32)/t22-/m1/s1. The van der Waals surface area contributed by atoms with E-state index in [1.807, 2.05) is 50.2 Å². The normalized spacial score (nSPS) is 16.1. The summed E-state index contributed by atoms with van der Waals surface area (Å²) in [6, 6.07) is 13.4. The summed E-state index contributed by atoms with van der Waals surface area (Å²) >= 11 is 0. The summed E-state index contributed by atoms with van der Waals surface area (Å²) in [6.45, 7) is 8.97. The molecule has 3 aromatic rings. The van der Waals surface area contributed by atoms with Gasteiger partial charge in [-0.3, -0.25) is 9.69 Å². The first kappa shape index (κ1) is 23.8. The lowest BCUT2D eigenvalue weighted by Crippen LogP contribution is -2.45. The quantitative estimate of drug-likeness (QED) is 0.535. The molecule has 0 radical (unpaired) electrons. The third kappa shape index (κ3) is 4.94. The van der Waals surface area contributed by atoms with Crippen LogP contribution in [-0.4, -0.2) is 53.6 Å². The molecule has 2 aromatic carbocycles. The number of aryl methyl sites for hydroxylation is 2. The van der Waals surface area contributed by atoms with Crippen molar-refractivity contribution in [1.29, 1.82) is 0 Å². The molecule has 4 rings (SSSR count). The van der Waals surface area contributed by atoms with Gasteiger partial charge in [-0.1, -0.05) is 31.2 Å². The number of urea groups is 1. The Kier molecular flexibility index (Phi) is 7.22. The van der Waals surface area contributed by atoms with Crippen LogP contribution in [0.25, 0.3) is 10.9 Å². The number of aromatic nitrogens is 1. The Morgan fingerprint density at radius 1 is 1.24 bits per heavy atom. The highest BCUT2D eigenvalue weighted by Crippen LogP contribution is 2.25. The van der Waals surface area contributed by atoms with Crippen molar-refractivity contribution in [2.45, 2.75) is 46.2 Å². The molecule has 0 spiro atoms. The van der Waals surface area contributed by atoms with Crippen LogP contribution in [0.3, 0.4) is 0 Å². The number of benzene rings is 2. The minimum Gasteiger partial charge on any atom is -0.495 e. The van der Waals surface area contributed by atoms with Crippen LogP contribution in [0.5, 0.6) is 5.75 Å². The van der Waals surface area contributed by atoms with Crippen molar-refractivity contribution in [3.63, 3.8) is 0 Å². The van der Waals surface area contributed by atoms with Crippen molar-refractivity contribution in [1.82, 2.24) is 14.8 Å². The Morgan fingerprint density at radius 3 is 2.79 bits per heavy atom. The van der Waals surface area contributed by atoms with E-state index in [4.69, 9.17) is 4.74 Å². The number of rotatable bonds is 7. The molecule has 1 aliphatic rings. The average Bonchev–Trinajstić information content (AvgIpc) is 3.29. The number of carbonyl (C=O) groups excluding carboxylic acids is 1. The maximum Gasteiger partial charge on any atom is 0.322 e. The number of fused-ring (bicyclic) bond motifs is 1. The number of likely N-dealkylation sites (N-methyl/N-ethyl adjacent to an activating group) is 1. The molecule has 1 fully saturated rings. The number of nitrogens with one attached hydrogen (secondary N) is 2. The topological polar surface area (TPSA) is 77.7 Å². The van der Waals surface area contributed by atoms with Crippen LogP contribution in [-0.2, 0) is 6.54 Å². The van der Waals surface area contributed by atoms with Crippen LogP contribution in [0.15, 0.2) is 47.3 Å². The predicted octanol–water partition coefficient (Wildman–Crippen LogP) is 4.67. The fourth-order valence-electron chi connectivity index (χ4n) is 4.83. The van der Waals surface area contributed by atoms with Gasteiger partial charge in [-0.2, -0.15) is 0 Å². The van der Waals surface area contributed by atoms with Crippen LogP contribution in [0, 0.1) is 13.8 Å². The van der Waals surface area contributed by atoms with Crippen molar-refractivity contribution in [3.05, 3.63) is 69.5 Å². The Balaban J connectivity index is 1.65. The van der Waals surface area contributed by atoms with Gasteiger partial charge >= 0.3 is 6.03 Å². The number of amides is 2. The predicted molar refractivity (Wildman–Crippen MR) is 137 cm³/mol. The molecule has 0 bridgehead atoms. The molecule has 1 aromatic heterocycles. The second-order valence-corrected chi connectivity index (χ2v) is 9.03. The second kappa shape index (κ2) is 10.3. The second-order valence-electron chi connectivity index (χ2n) is 9.03. The fourth-order valence-corrected chi connectivity index (χ4v) is 4.83. The van der Waals surface area contributed by atoms with E-state index in [0.29, 0.717) is 23.5 Å². The average molecular weight is 463 g/mol. The molecular weight excluding hydrogens is 428 g/mol. The van der Waals surface area contributed by atoms with Gasteiger partial charge in [0.2, 0.25) is 0 Å². The molecule has 0 saturated carbocycles. The molecule has 34 heavy (non-hydrogen) atoms. The first-order chi connectivity index (χ1) is 16.4. The zero-order valence-corrected chi connectivity index (χ0v) is 20.5. The minimum atomic E-state index is -0.243. The number of hydrogen-bond acceptors (Lipinski definition) is 4. The maximum absolute atomic E-state index is 13.5. The van der Waals surface area contributed by atoms with Crippen LogP contribution in [0.1, 0.15) is 36.5 Å². The van der Waals surface area contributed by atoms with E-state index in [1.54, 1.807) is 12.0 Å². The number of para-hydroxylation sites is 2. The molecule has 1 saturated heterocycles. The molecule has 2 amide bonds. The summed E-state index contributed by atoms with van der Waals surface area (Å²) < 4.78 is 5.40. The van der Waals surface area contributed by atoms with E-state index in [-0.39, 0.29) is 24.2 Å². The van der Waals surface area contributed by atoms with Gasteiger partial charge in [0.15, 0.2) is 0 Å². The maximum atomic E-state index is 13.5. The highest BCUT2D eigenvalue weighted by molar-refractivity contribution is 5.91. The number of carbonyl (C=O) groups is 1. The molecule has 7 heteroatoms. The van der Waals surface area contributed by atoms with Gasteiger partial charge in [0, 0.05) is 18.2 Å². The number of likely N-dealkylation sites (tertiary alicyclic amines) is 1. The molecule has 180 valence electrons. The zero-order chi connectivity index (χ0) is 24.2. The Morgan fingerprint density at radius 2 is 2.03 bits per heavy atom. The number of hydrogen-bond donors (Lipinski definition) is 2. The molecule has 1 aliphatic heterocycles. The molecule has 2 N–H and O–H groups in total. The minimum absolute atomic E-state index is 0.157. The van der Waals surface area contributed by atoms with Gasteiger partial charge < -0.3 is 19.9 Å². The fraction of sp³-hybridized carbons (Fsp3) is 0.407. The first-order valence-corrected chi connectivity index (χ1v) is 12.0. The number of pyridine rings is 1. The number of H-pyrrole nitrogens is 1. The smallest absolute Gasteiger partial charge is 0.322 e. The number of aromatic amines is 1. The monoisotopic (exact) mass is 462 g/mol. The van der Waals surface area contributed by atoms with Crippen LogP contribution in [0.2, 0.25) is 0 Å². The third-order valence-corrected chi connectivity index (χ3v) is 6.96. The summed E-state index contributed by atoms with van der Waals surface area (Å²) in [5, 5.41) is 3.96. The summed E-state index contributed by atoms with van der Waals surface area (Å²) in [7, 11) is 1.58. The Hall–Kier alpha value is -3.32. The van der Waals surface area contributed by atoms with Crippen LogP contribution < -0.4 is 15.6 Å². The Labute approximate surface area is 200 Å². The van der Waals surface area contributed by atoms with E-state index in [1.165, 1.54) is 0 Å². The van der Waals surface area contributed by atoms with Gasteiger partial charge in [-0.05, 0) is 74.5 Å². The van der Waals surface area contributed by atoms with Crippen molar-refractivity contribution < 1.29 is 9.53 Å². The van der Waals surface area contributed by atoms with E-state index < -0.39 is 0 Å². The molecule has 1 atom stereocenters. The van der Waals surface area contributed by atoms with Gasteiger partial charge in [0.25, 0.3) is 5.56 Å². The van der Waals surface area contributed by atoms with E-state index in [0.717, 1.165) is 48.0 Å². The van der Waals surface area contributed by atoms with Crippen molar-refractivity contribution in [3.8, 4) is 5.75 Å². The van der Waals surface area contributed by atoms with E-state index in [2.05, 4.69) is 28.2 Å². The highest BCUT2D eigenvalue weighted by Gasteiger charge is 2.28. The highest BCUT2D eigenvalue weighted by atomic mass is 16.5. The SMILES string of the molecule is CCN1CCC[C@@H]1CN(Cc1cc2ccc(C)c(C)c2[nH]c1=O)C(=O)Nc1ccccc1OC. The molecule has 0 aliphatic carbocycles. The van der Waals surface area contributed by atoms with Gasteiger partial charge in [0.05, 0.1) is 24.9 Å². The van der Waals surface area contributed by atoms with Crippen molar-refractivity contribution >= 4 is 22.6 Å². The summed E-state index contributed by atoms with van der Waals surface area (Å²) in [6.07, 6.45) is 2.16. The zero-order valence-electron chi connectivity index (χ0n) is 20.5. The van der Waals surface area contributed by atoms with Crippen LogP contribution in [0.4, 0.5) is 10.5 Å². The first-order valence-electron chi connectivity index (χ1n) is 12.0. The number of nitrogens with zero attached hydrogens (tertiary/aromatic N) is 2. The molecule has 0 unspecified atom stereocenters. The lowest BCUT2D eigenvalue weighted by atomic mass is 10.0. The summed E-state index contributed by atoms with van der Waals surface area (Å²) in [4.78, 5) is 33.7. The lowest BCUT2D eigenvalue weighted by Gasteiger charge is -2.30. The van der Waals surface area contributed by atoms with Crippen LogP contribution >= 0.6 is 0 Å². The molecular formula is C27H34N4O3. The van der Waals surface area contributed by atoms with E-state index in [9.17, 15) is 9.59 Å². The molecule has 2 heterocycles. The third-order valence-electron chi connectivity index (χ3n) is 6.96. The number of anilines is 1. The summed E-state index contributed by atoms with van der Waals surface area (Å²) in [5.74, 6) is 0.598. The van der Waals surface area contributed by atoms with Gasteiger partial charge in [-0.15, -0.1) is 0 Å². The number of ether oxygens (including phenoxy) is 1. The number of methoxy groups -OCH3 is 1. The van der Waals surface area contributed by atoms with Crippen molar-refractivity contribution in [2.75, 3.05) is 32.1 Å². The van der Waals surface area contributed by atoms with Gasteiger partial charge in [-0.25, -0.2) is 4.79 Å². The largest absolute Gasteiger partial charge is 0.495 e. The van der Waals surface area contributed by atoms with Gasteiger partial charge in [0.1, 0.15) is 5.75 Å². The molecule has 7 nitrogen and oxygen atoms in total. The summed E-state index contributed by atoms with van der Waals surface area (Å²) in [5.41, 5.74) is 4.08. The van der Waals surface area contributed by atoms with Crippen molar-refractivity contribution in [2.24, 2.45) is 0 Å². The Bertz CT molecular complexity index is 1240. The van der Waals surface area contributed by atoms with E-state index >= 15 is 0 Å².